The number of carbonyl (C=O) groups is 11. The van der Waals surface area contributed by atoms with Crippen LogP contribution < -0.4 is 60.2 Å². The van der Waals surface area contributed by atoms with E-state index in [2.05, 4.69) is 42.2 Å². The van der Waals surface area contributed by atoms with Gasteiger partial charge in [-0.05, 0) is 88.5 Å². The lowest BCUT2D eigenvalue weighted by Crippen LogP contribution is -2.59. The fourth-order valence-corrected chi connectivity index (χ4v) is 7.69. The number of unbranched alkanes of at least 4 members (excludes halogenated alkanes) is 1. The van der Waals surface area contributed by atoms with Gasteiger partial charge in [0.2, 0.25) is 47.3 Å². The molecule has 0 aromatic carbocycles. The summed E-state index contributed by atoms with van der Waals surface area (Å²) in [6.45, 7) is 10.4. The number of carboxylic acids is 3. The Hall–Kier alpha value is -6.64. The maximum Gasteiger partial charge on any atom is 0.326 e. The summed E-state index contributed by atoms with van der Waals surface area (Å²) < 4.78 is 0. The van der Waals surface area contributed by atoms with Crippen LogP contribution in [-0.4, -0.2) is 166 Å². The summed E-state index contributed by atoms with van der Waals surface area (Å²) in [5.41, 5.74) is 22.0. The normalized spacial score (nSPS) is 16.2. The molecule has 1 aliphatic heterocycles. The van der Waals surface area contributed by atoms with Crippen molar-refractivity contribution < 1.29 is 68.1 Å². The quantitative estimate of drug-likeness (QED) is 0.0170. The Morgan fingerprint density at radius 1 is 0.597 bits per heavy atom. The van der Waals surface area contributed by atoms with Gasteiger partial charge in [0.25, 0.3) is 0 Å². The Morgan fingerprint density at radius 2 is 1.06 bits per heavy atom. The zero-order valence-electron chi connectivity index (χ0n) is 42.2. The Labute approximate surface area is 419 Å². The molecule has 0 unspecified atom stereocenters. The highest BCUT2D eigenvalue weighted by atomic mass is 16.4. The number of aliphatic imine (C=N–C) groups is 1. The van der Waals surface area contributed by atoms with E-state index in [9.17, 15) is 63.0 Å². The minimum atomic E-state index is -1.76. The van der Waals surface area contributed by atoms with Gasteiger partial charge in [-0.1, -0.05) is 41.5 Å². The third-order valence-corrected chi connectivity index (χ3v) is 11.2. The number of nitrogens with zero attached hydrogens (tertiary/aromatic N) is 2. The molecule has 0 aliphatic carbocycles. The number of hydrogen-bond acceptors (Lipinski definition) is 14. The molecule has 408 valence electrons. The predicted molar refractivity (Wildman–Crippen MR) is 261 cm³/mol. The summed E-state index contributed by atoms with van der Waals surface area (Å²) in [6, 6.07) is -10.8. The Kier molecular flexibility index (Phi) is 28.5. The summed E-state index contributed by atoms with van der Waals surface area (Å²) in [6.07, 6.45) is 0.187. The van der Waals surface area contributed by atoms with Crippen molar-refractivity contribution in [2.45, 2.75) is 167 Å². The molecule has 1 aliphatic rings. The van der Waals surface area contributed by atoms with Gasteiger partial charge in [-0.2, -0.15) is 0 Å². The second kappa shape index (κ2) is 32.4. The minimum Gasteiger partial charge on any atom is -0.481 e. The number of guanidine groups is 1. The summed E-state index contributed by atoms with van der Waals surface area (Å²) >= 11 is 0. The van der Waals surface area contributed by atoms with Crippen LogP contribution in [0.3, 0.4) is 0 Å². The van der Waals surface area contributed by atoms with Crippen molar-refractivity contribution >= 4 is 71.1 Å². The molecule has 18 N–H and O–H groups in total. The molecule has 27 heteroatoms. The van der Waals surface area contributed by atoms with Crippen molar-refractivity contribution in [1.82, 2.24) is 42.1 Å². The van der Waals surface area contributed by atoms with E-state index in [4.69, 9.17) is 28.0 Å². The monoisotopic (exact) mass is 1030 g/mol. The summed E-state index contributed by atoms with van der Waals surface area (Å²) in [5.74, 6) is -11.8. The first-order chi connectivity index (χ1) is 33.7. The molecule has 0 radical (unpaired) electrons. The molecule has 1 saturated heterocycles. The standard InChI is InChI=1S/C45H79N13O14/c1-23(2)17-29(52-34(59)22-51-42(69)33-13-10-16-58(33)43(70)27(12-9-15-50-45(48)49)53-37(64)26(47)20-35(60)61)38(65)55-31(19-25(5)6)40(67)57-32(21-36(62)63)41(68)56-30(18-24(3)4)39(66)54-28(44(71)72)11-7-8-14-46/h23-33H,7-22,46-47H2,1-6H3,(H,51,69)(H,52,59)(H,53,64)(H,54,66)(H,55,65)(H,56,68)(H,57,67)(H,60,61)(H,62,63)(H,71,72)(H4,48,49,50)/t26-,27-,28-,29-,30-,31-,32-,33-/m0/s1. The van der Waals surface area contributed by atoms with E-state index in [-0.39, 0.29) is 81.7 Å². The Morgan fingerprint density at radius 3 is 1.53 bits per heavy atom. The number of nitrogens with one attached hydrogen (secondary N) is 7. The van der Waals surface area contributed by atoms with Crippen molar-refractivity contribution in [3.8, 4) is 0 Å². The smallest absolute Gasteiger partial charge is 0.326 e. The first kappa shape index (κ1) is 63.4. The number of rotatable bonds is 34. The van der Waals surface area contributed by atoms with E-state index in [1.807, 2.05) is 0 Å². The van der Waals surface area contributed by atoms with Gasteiger partial charge < -0.3 is 80.4 Å². The van der Waals surface area contributed by atoms with Gasteiger partial charge >= 0.3 is 17.9 Å². The largest absolute Gasteiger partial charge is 0.481 e. The maximum absolute atomic E-state index is 13.9. The predicted octanol–water partition coefficient (Wildman–Crippen LogP) is -3.32. The zero-order valence-corrected chi connectivity index (χ0v) is 42.2. The van der Waals surface area contributed by atoms with Crippen molar-refractivity contribution in [2.24, 2.45) is 45.7 Å². The lowest BCUT2D eigenvalue weighted by atomic mass is 9.99. The highest BCUT2D eigenvalue weighted by Gasteiger charge is 2.39. The van der Waals surface area contributed by atoms with Crippen LogP contribution in [-0.2, 0) is 52.7 Å². The van der Waals surface area contributed by atoms with E-state index in [1.54, 1.807) is 41.5 Å². The molecule has 8 atom stereocenters. The van der Waals surface area contributed by atoms with E-state index in [1.165, 1.54) is 4.90 Å². The number of hydrogen-bond donors (Lipinski definition) is 14. The molecule has 0 aromatic heterocycles. The molecule has 1 heterocycles. The van der Waals surface area contributed by atoms with Gasteiger partial charge in [-0.3, -0.25) is 52.9 Å². The SMILES string of the molecule is CC(C)C[C@H](NC(=O)CNC(=O)[C@@H]1CCCN1C(=O)[C@H](CCCN=C(N)N)NC(=O)[C@@H](N)CC(=O)O)C(=O)N[C@@H](CC(C)C)C(=O)N[C@@H](CC(=O)O)C(=O)N[C@@H](CC(C)C)C(=O)N[C@@H](CCCCN)C(=O)O. The number of carboxylic acid groups (broad SMARTS) is 3. The summed E-state index contributed by atoms with van der Waals surface area (Å²) in [4.78, 5) is 148. The molecule has 0 spiro atoms. The van der Waals surface area contributed by atoms with E-state index in [0.29, 0.717) is 25.8 Å². The second-order valence-electron chi connectivity index (χ2n) is 19.1. The van der Waals surface area contributed by atoms with Crippen LogP contribution in [0, 0.1) is 17.8 Å². The fourth-order valence-electron chi connectivity index (χ4n) is 7.69. The molecule has 0 bridgehead atoms. The van der Waals surface area contributed by atoms with Crippen LogP contribution in [0.4, 0.5) is 0 Å². The average Bonchev–Trinajstić information content (AvgIpc) is 3.77. The van der Waals surface area contributed by atoms with Crippen molar-refractivity contribution in [3.05, 3.63) is 0 Å². The maximum atomic E-state index is 13.9. The number of aliphatic carboxylic acids is 3. The van der Waals surface area contributed by atoms with Gasteiger partial charge in [0.1, 0.15) is 42.3 Å². The Bertz CT molecular complexity index is 1910. The van der Waals surface area contributed by atoms with E-state index in [0.717, 1.165) is 0 Å². The number of carbonyl (C=O) groups excluding carboxylic acids is 8. The second-order valence-corrected chi connectivity index (χ2v) is 19.1. The van der Waals surface area contributed by atoms with Crippen LogP contribution in [0.25, 0.3) is 0 Å². The summed E-state index contributed by atoms with van der Waals surface area (Å²) in [7, 11) is 0. The third-order valence-electron chi connectivity index (χ3n) is 11.2. The number of likely N-dealkylation sites (tertiary alicyclic amines) is 1. The third kappa shape index (κ3) is 24.5. The van der Waals surface area contributed by atoms with Gasteiger partial charge in [-0.25, -0.2) is 4.79 Å². The first-order valence-electron chi connectivity index (χ1n) is 24.2. The lowest BCUT2D eigenvalue weighted by molar-refractivity contribution is -0.143. The van der Waals surface area contributed by atoms with E-state index < -0.39 is 133 Å². The molecule has 72 heavy (non-hydrogen) atoms. The number of amides is 8. The molecule has 1 rings (SSSR count). The van der Waals surface area contributed by atoms with Gasteiger partial charge in [0.15, 0.2) is 5.96 Å². The first-order valence-corrected chi connectivity index (χ1v) is 24.2. The zero-order chi connectivity index (χ0) is 54.8. The van der Waals surface area contributed by atoms with Gasteiger partial charge in [0, 0.05) is 13.1 Å². The highest BCUT2D eigenvalue weighted by Crippen LogP contribution is 2.20. The van der Waals surface area contributed by atoms with Crippen molar-refractivity contribution in [3.63, 3.8) is 0 Å². The van der Waals surface area contributed by atoms with Crippen LogP contribution in [0.5, 0.6) is 0 Å². The average molecular weight is 1030 g/mol. The van der Waals surface area contributed by atoms with Crippen LogP contribution in [0.2, 0.25) is 0 Å². The fraction of sp³-hybridized carbons (Fsp3) is 0.733. The Balaban J connectivity index is 3.22. The molecular weight excluding hydrogens is 947 g/mol. The number of nitrogens with two attached hydrogens (primary N) is 4. The molecule has 1 fully saturated rings. The minimum absolute atomic E-state index is 0.000741. The van der Waals surface area contributed by atoms with Crippen molar-refractivity contribution in [1.29, 1.82) is 0 Å². The highest BCUT2D eigenvalue weighted by molar-refractivity contribution is 5.98. The van der Waals surface area contributed by atoms with Crippen LogP contribution in [0.1, 0.15) is 119 Å². The summed E-state index contributed by atoms with van der Waals surface area (Å²) in [5, 5.41) is 45.9. The van der Waals surface area contributed by atoms with Crippen LogP contribution >= 0.6 is 0 Å². The van der Waals surface area contributed by atoms with Gasteiger partial charge in [0.05, 0.1) is 25.4 Å². The van der Waals surface area contributed by atoms with Crippen molar-refractivity contribution in [2.75, 3.05) is 26.2 Å². The lowest BCUT2D eigenvalue weighted by Gasteiger charge is -2.29. The molecule has 0 aromatic rings. The molecule has 8 amide bonds. The topological polar surface area (TPSA) is 452 Å². The molecule has 27 nitrogen and oxygen atoms in total. The van der Waals surface area contributed by atoms with E-state index >= 15 is 0 Å². The molecular formula is C45H79N13O14. The van der Waals surface area contributed by atoms with Gasteiger partial charge in [-0.15, -0.1) is 0 Å². The van der Waals surface area contributed by atoms with Crippen LogP contribution in [0.15, 0.2) is 4.99 Å². The molecule has 0 saturated carbocycles.